The minimum atomic E-state index is -0.318. The van der Waals surface area contributed by atoms with Crippen molar-refractivity contribution in [1.29, 1.82) is 0 Å². The number of rotatable bonds is 14. The summed E-state index contributed by atoms with van der Waals surface area (Å²) in [6.07, 6.45) is 20.7. The monoisotopic (exact) mass is 350 g/mol. The predicted molar refractivity (Wildman–Crippen MR) is 101 cm³/mol. The SMILES string of the molecule is CCCCC[C@H](O)[C@@H]1O[C@H]1/C=C\C/C=C\C/C=C\CCCC(=O)OC. The van der Waals surface area contributed by atoms with E-state index in [9.17, 15) is 9.90 Å². The number of allylic oxidation sites excluding steroid dienone is 5. The summed E-state index contributed by atoms with van der Waals surface area (Å²) < 4.78 is 10.1. The molecule has 1 fully saturated rings. The largest absolute Gasteiger partial charge is 0.469 e. The molecule has 0 aromatic heterocycles. The molecule has 3 atom stereocenters. The third-order valence-electron chi connectivity index (χ3n) is 4.23. The first-order valence-electron chi connectivity index (χ1n) is 9.56. The number of carbonyl (C=O) groups excluding carboxylic acids is 1. The number of esters is 1. The van der Waals surface area contributed by atoms with E-state index >= 15 is 0 Å². The molecule has 1 aliphatic rings. The van der Waals surface area contributed by atoms with E-state index in [1.165, 1.54) is 20.0 Å². The molecule has 142 valence electrons. The van der Waals surface area contributed by atoms with Crippen LogP contribution in [-0.4, -0.2) is 36.5 Å². The lowest BCUT2D eigenvalue weighted by Gasteiger charge is -2.05. The van der Waals surface area contributed by atoms with E-state index in [0.717, 1.165) is 38.5 Å². The van der Waals surface area contributed by atoms with Crippen molar-refractivity contribution in [1.82, 2.24) is 0 Å². The van der Waals surface area contributed by atoms with E-state index in [1.807, 2.05) is 0 Å². The van der Waals surface area contributed by atoms with E-state index in [1.54, 1.807) is 0 Å². The summed E-state index contributed by atoms with van der Waals surface area (Å²) in [7, 11) is 1.42. The Morgan fingerprint density at radius 1 is 1.12 bits per heavy atom. The van der Waals surface area contributed by atoms with E-state index in [-0.39, 0.29) is 24.3 Å². The highest BCUT2D eigenvalue weighted by molar-refractivity contribution is 5.69. The van der Waals surface area contributed by atoms with Gasteiger partial charge < -0.3 is 14.6 Å². The van der Waals surface area contributed by atoms with Crippen molar-refractivity contribution in [3.63, 3.8) is 0 Å². The van der Waals surface area contributed by atoms with Gasteiger partial charge in [-0.1, -0.05) is 62.6 Å². The van der Waals surface area contributed by atoms with Crippen molar-refractivity contribution < 1.29 is 19.4 Å². The van der Waals surface area contributed by atoms with Crippen LogP contribution in [0.4, 0.5) is 0 Å². The maximum absolute atomic E-state index is 10.9. The van der Waals surface area contributed by atoms with Crippen molar-refractivity contribution >= 4 is 5.97 Å². The highest BCUT2D eigenvalue weighted by Gasteiger charge is 2.41. The molecule has 0 aliphatic carbocycles. The molecule has 0 spiro atoms. The van der Waals surface area contributed by atoms with E-state index in [0.29, 0.717) is 6.42 Å². The number of methoxy groups -OCH3 is 1. The molecular formula is C21H34O4. The van der Waals surface area contributed by atoms with Gasteiger partial charge in [0.25, 0.3) is 0 Å². The van der Waals surface area contributed by atoms with Gasteiger partial charge >= 0.3 is 5.97 Å². The van der Waals surface area contributed by atoms with Gasteiger partial charge in [0.2, 0.25) is 0 Å². The van der Waals surface area contributed by atoms with Crippen LogP contribution in [0.25, 0.3) is 0 Å². The van der Waals surface area contributed by atoms with Crippen LogP contribution in [0.3, 0.4) is 0 Å². The zero-order valence-corrected chi connectivity index (χ0v) is 15.7. The number of aliphatic hydroxyl groups excluding tert-OH is 1. The minimum Gasteiger partial charge on any atom is -0.469 e. The van der Waals surface area contributed by atoms with Crippen molar-refractivity contribution in [2.45, 2.75) is 83.0 Å². The van der Waals surface area contributed by atoms with E-state index in [2.05, 4.69) is 48.1 Å². The molecule has 0 bridgehead atoms. The second-order valence-electron chi connectivity index (χ2n) is 6.44. The number of aliphatic hydroxyl groups is 1. The fourth-order valence-corrected chi connectivity index (χ4v) is 2.61. The van der Waals surface area contributed by atoms with Crippen molar-refractivity contribution in [3.8, 4) is 0 Å². The molecule has 25 heavy (non-hydrogen) atoms. The topological polar surface area (TPSA) is 59.1 Å². The van der Waals surface area contributed by atoms with Gasteiger partial charge in [0.1, 0.15) is 12.2 Å². The quantitative estimate of drug-likeness (QED) is 0.217. The Bertz CT molecular complexity index is 439. The van der Waals surface area contributed by atoms with Crippen LogP contribution in [0.5, 0.6) is 0 Å². The Balaban J connectivity index is 1.99. The average Bonchev–Trinajstić information content (AvgIpc) is 3.39. The van der Waals surface area contributed by atoms with Gasteiger partial charge in [-0.25, -0.2) is 0 Å². The molecule has 1 aliphatic heterocycles. The first kappa shape index (κ1) is 21.7. The van der Waals surface area contributed by atoms with Gasteiger partial charge in [-0.15, -0.1) is 0 Å². The molecule has 0 aromatic rings. The van der Waals surface area contributed by atoms with Crippen LogP contribution in [0.15, 0.2) is 36.5 Å². The van der Waals surface area contributed by atoms with E-state index in [4.69, 9.17) is 4.74 Å². The third kappa shape index (κ3) is 11.0. The zero-order chi connectivity index (χ0) is 18.3. The molecule has 1 heterocycles. The van der Waals surface area contributed by atoms with Gasteiger partial charge in [0.15, 0.2) is 0 Å². The molecule has 0 saturated carbocycles. The molecule has 0 unspecified atom stereocenters. The van der Waals surface area contributed by atoms with Crippen LogP contribution < -0.4 is 0 Å². The standard InChI is InChI=1S/C21H34O4/c1-3-4-12-15-18(22)21-19(25-21)16-13-10-8-6-5-7-9-11-14-17-20(23)24-2/h6-9,13,16,18-19,21-22H,3-5,10-12,14-15,17H2,1-2H3/b8-6-,9-7-,16-13-/t18-,19-,21-/m0/s1. The summed E-state index contributed by atoms with van der Waals surface area (Å²) in [5.41, 5.74) is 0. The summed E-state index contributed by atoms with van der Waals surface area (Å²) in [4.78, 5) is 10.9. The van der Waals surface area contributed by atoms with Gasteiger partial charge in [-0.2, -0.15) is 0 Å². The smallest absolute Gasteiger partial charge is 0.305 e. The van der Waals surface area contributed by atoms with E-state index < -0.39 is 0 Å². The van der Waals surface area contributed by atoms with Gasteiger partial charge in [0.05, 0.1) is 13.2 Å². The lowest BCUT2D eigenvalue weighted by molar-refractivity contribution is -0.140. The molecule has 1 rings (SSSR count). The average molecular weight is 350 g/mol. The lowest BCUT2D eigenvalue weighted by Crippen LogP contribution is -2.16. The Labute approximate surface area is 152 Å². The maximum Gasteiger partial charge on any atom is 0.305 e. The summed E-state index contributed by atoms with van der Waals surface area (Å²) >= 11 is 0. The van der Waals surface area contributed by atoms with Crippen LogP contribution >= 0.6 is 0 Å². The summed E-state index contributed by atoms with van der Waals surface area (Å²) in [6, 6.07) is 0. The fourth-order valence-electron chi connectivity index (χ4n) is 2.61. The number of carbonyl (C=O) groups is 1. The molecule has 4 heteroatoms. The molecule has 0 radical (unpaired) electrons. The Morgan fingerprint density at radius 2 is 1.84 bits per heavy atom. The summed E-state index contributed by atoms with van der Waals surface area (Å²) in [5, 5.41) is 9.99. The molecule has 4 nitrogen and oxygen atoms in total. The molecule has 1 N–H and O–H groups in total. The zero-order valence-electron chi connectivity index (χ0n) is 15.7. The molecule has 0 amide bonds. The fraction of sp³-hybridized carbons (Fsp3) is 0.667. The number of hydrogen-bond acceptors (Lipinski definition) is 4. The van der Waals surface area contributed by atoms with Crippen molar-refractivity contribution in [2.75, 3.05) is 7.11 Å². The predicted octanol–water partition coefficient (Wildman–Crippen LogP) is 4.49. The first-order chi connectivity index (χ1) is 12.2. The van der Waals surface area contributed by atoms with Crippen LogP contribution in [0.2, 0.25) is 0 Å². The molecule has 1 saturated heterocycles. The Kier molecular flexibility index (Phi) is 12.0. The highest BCUT2D eigenvalue weighted by atomic mass is 16.6. The van der Waals surface area contributed by atoms with Crippen molar-refractivity contribution in [2.24, 2.45) is 0 Å². The van der Waals surface area contributed by atoms with Crippen molar-refractivity contribution in [3.05, 3.63) is 36.5 Å². The Morgan fingerprint density at radius 3 is 2.56 bits per heavy atom. The van der Waals surface area contributed by atoms with Gasteiger partial charge in [0, 0.05) is 6.42 Å². The van der Waals surface area contributed by atoms with Crippen LogP contribution in [0.1, 0.15) is 64.7 Å². The summed E-state index contributed by atoms with van der Waals surface area (Å²) in [5.74, 6) is -0.143. The number of ether oxygens (including phenoxy) is 2. The first-order valence-corrected chi connectivity index (χ1v) is 9.56. The number of hydrogen-bond donors (Lipinski definition) is 1. The normalized spacial score (nSPS) is 21.4. The van der Waals surface area contributed by atoms with Gasteiger partial charge in [-0.05, 0) is 32.1 Å². The minimum absolute atomic E-state index is 0.00464. The van der Waals surface area contributed by atoms with Crippen LogP contribution in [0, 0.1) is 0 Å². The third-order valence-corrected chi connectivity index (χ3v) is 4.23. The molecular weight excluding hydrogens is 316 g/mol. The summed E-state index contributed by atoms with van der Waals surface area (Å²) in [6.45, 7) is 2.17. The highest BCUT2D eigenvalue weighted by Crippen LogP contribution is 2.29. The number of epoxide rings is 1. The second kappa shape index (κ2) is 13.9. The molecule has 0 aromatic carbocycles. The Hall–Kier alpha value is -1.39. The van der Waals surface area contributed by atoms with Gasteiger partial charge in [-0.3, -0.25) is 4.79 Å². The number of unbranched alkanes of at least 4 members (excludes halogenated alkanes) is 3. The van der Waals surface area contributed by atoms with Crippen LogP contribution in [-0.2, 0) is 14.3 Å². The maximum atomic E-state index is 10.9. The lowest BCUT2D eigenvalue weighted by atomic mass is 10.1. The second-order valence-corrected chi connectivity index (χ2v) is 6.44.